The average molecular weight is 278 g/mol. The van der Waals surface area contributed by atoms with Crippen LogP contribution in [0.4, 0.5) is 0 Å². The van der Waals surface area contributed by atoms with E-state index in [9.17, 15) is 4.79 Å². The normalized spacial score (nSPS) is 11.9. The molecule has 1 aromatic carbocycles. The lowest BCUT2D eigenvalue weighted by Crippen LogP contribution is -2.25. The summed E-state index contributed by atoms with van der Waals surface area (Å²) in [6.07, 6.45) is 3.36. The van der Waals surface area contributed by atoms with Gasteiger partial charge in [-0.05, 0) is 37.5 Å². The lowest BCUT2D eigenvalue weighted by molar-refractivity contribution is -0.121. The molecule has 0 saturated carbocycles. The van der Waals surface area contributed by atoms with Gasteiger partial charge in [-0.25, -0.2) is 0 Å². The fourth-order valence-corrected chi connectivity index (χ4v) is 1.73. The second kappa shape index (κ2) is 9.37. The molecule has 4 nitrogen and oxygen atoms in total. The minimum absolute atomic E-state index is 0.0413. The van der Waals surface area contributed by atoms with Crippen molar-refractivity contribution >= 4 is 5.91 Å². The minimum atomic E-state index is 0.0413. The highest BCUT2D eigenvalue weighted by atomic mass is 16.5. The number of hydrogen-bond donors (Lipinski definition) is 2. The molecule has 1 atom stereocenters. The standard InChI is InChI=1S/C16H26N2O2/c1-3-4-10-20-15-7-5-6-14(11-15)12-18-16(19)9-8-13(2)17/h5-7,11,13H,3-4,8-10,12,17H2,1-2H3,(H,18,19). The van der Waals surface area contributed by atoms with Crippen molar-refractivity contribution in [1.82, 2.24) is 5.32 Å². The summed E-state index contributed by atoms with van der Waals surface area (Å²) >= 11 is 0. The third-order valence-electron chi connectivity index (χ3n) is 2.98. The molecule has 1 rings (SSSR count). The summed E-state index contributed by atoms with van der Waals surface area (Å²) in [4.78, 5) is 11.6. The molecule has 0 aromatic heterocycles. The largest absolute Gasteiger partial charge is 0.494 e. The Labute approximate surface area is 121 Å². The zero-order valence-corrected chi connectivity index (χ0v) is 12.5. The number of carbonyl (C=O) groups excluding carboxylic acids is 1. The van der Waals surface area contributed by atoms with Crippen LogP contribution in [0.2, 0.25) is 0 Å². The summed E-state index contributed by atoms with van der Waals surface area (Å²) in [5.74, 6) is 0.903. The molecule has 0 aliphatic heterocycles. The maximum absolute atomic E-state index is 11.6. The number of amides is 1. The van der Waals surface area contributed by atoms with Crippen LogP contribution in [0.1, 0.15) is 45.1 Å². The van der Waals surface area contributed by atoms with E-state index in [-0.39, 0.29) is 11.9 Å². The van der Waals surface area contributed by atoms with Crippen LogP contribution in [-0.4, -0.2) is 18.6 Å². The fourth-order valence-electron chi connectivity index (χ4n) is 1.73. The quantitative estimate of drug-likeness (QED) is 0.682. The molecule has 0 aliphatic carbocycles. The zero-order valence-electron chi connectivity index (χ0n) is 12.5. The van der Waals surface area contributed by atoms with E-state index in [1.54, 1.807) is 0 Å². The molecule has 112 valence electrons. The van der Waals surface area contributed by atoms with Gasteiger partial charge < -0.3 is 15.8 Å². The summed E-state index contributed by atoms with van der Waals surface area (Å²) in [5.41, 5.74) is 6.68. The Balaban J connectivity index is 2.36. The molecule has 1 amide bonds. The topological polar surface area (TPSA) is 64.3 Å². The average Bonchev–Trinajstić information content (AvgIpc) is 2.43. The van der Waals surface area contributed by atoms with E-state index in [0.717, 1.165) is 30.8 Å². The van der Waals surface area contributed by atoms with Gasteiger partial charge >= 0.3 is 0 Å². The summed E-state index contributed by atoms with van der Waals surface area (Å²) in [6.45, 7) is 5.31. The first-order chi connectivity index (χ1) is 9.61. The van der Waals surface area contributed by atoms with Gasteiger partial charge in [-0.1, -0.05) is 25.5 Å². The molecule has 0 saturated heterocycles. The molecule has 0 spiro atoms. The van der Waals surface area contributed by atoms with Crippen LogP contribution in [0.3, 0.4) is 0 Å². The van der Waals surface area contributed by atoms with Gasteiger partial charge in [-0.3, -0.25) is 4.79 Å². The number of unbranched alkanes of at least 4 members (excludes halogenated alkanes) is 1. The second-order valence-electron chi connectivity index (χ2n) is 5.14. The van der Waals surface area contributed by atoms with Crippen LogP contribution in [0.5, 0.6) is 5.75 Å². The highest BCUT2D eigenvalue weighted by Gasteiger charge is 2.04. The Kier molecular flexibility index (Phi) is 7.73. The number of ether oxygens (including phenoxy) is 1. The van der Waals surface area contributed by atoms with Crippen LogP contribution >= 0.6 is 0 Å². The number of nitrogens with one attached hydrogen (secondary N) is 1. The lowest BCUT2D eigenvalue weighted by Gasteiger charge is -2.09. The highest BCUT2D eigenvalue weighted by Crippen LogP contribution is 2.13. The van der Waals surface area contributed by atoms with Gasteiger partial charge in [-0.2, -0.15) is 0 Å². The van der Waals surface area contributed by atoms with Crippen molar-refractivity contribution in [2.75, 3.05) is 6.61 Å². The first kappa shape index (κ1) is 16.5. The molecule has 0 bridgehead atoms. The summed E-state index contributed by atoms with van der Waals surface area (Å²) in [5, 5.41) is 2.90. The number of rotatable bonds is 9. The van der Waals surface area contributed by atoms with Crippen LogP contribution < -0.4 is 15.8 Å². The molecule has 0 fully saturated rings. The van der Waals surface area contributed by atoms with Gasteiger partial charge in [0.1, 0.15) is 5.75 Å². The monoisotopic (exact) mass is 278 g/mol. The number of carbonyl (C=O) groups is 1. The van der Waals surface area contributed by atoms with Crippen molar-refractivity contribution in [2.45, 2.75) is 52.1 Å². The van der Waals surface area contributed by atoms with Crippen molar-refractivity contribution in [2.24, 2.45) is 5.73 Å². The van der Waals surface area contributed by atoms with Gasteiger partial charge in [0.25, 0.3) is 0 Å². The highest BCUT2D eigenvalue weighted by molar-refractivity contribution is 5.75. The third kappa shape index (κ3) is 7.14. The van der Waals surface area contributed by atoms with Crippen LogP contribution in [-0.2, 0) is 11.3 Å². The van der Waals surface area contributed by atoms with Crippen molar-refractivity contribution in [3.05, 3.63) is 29.8 Å². The van der Waals surface area contributed by atoms with Gasteiger partial charge in [-0.15, -0.1) is 0 Å². The van der Waals surface area contributed by atoms with Crippen LogP contribution in [0.25, 0.3) is 0 Å². The Morgan fingerprint density at radius 2 is 2.25 bits per heavy atom. The molecule has 3 N–H and O–H groups in total. The molecule has 4 heteroatoms. The summed E-state index contributed by atoms with van der Waals surface area (Å²) in [7, 11) is 0. The SMILES string of the molecule is CCCCOc1cccc(CNC(=O)CCC(C)N)c1. The van der Waals surface area contributed by atoms with Crippen LogP contribution in [0, 0.1) is 0 Å². The van der Waals surface area contributed by atoms with E-state index in [0.29, 0.717) is 19.4 Å². The lowest BCUT2D eigenvalue weighted by atomic mass is 10.2. The fraction of sp³-hybridized carbons (Fsp3) is 0.562. The molecule has 0 aliphatic rings. The number of nitrogens with two attached hydrogens (primary N) is 1. The van der Waals surface area contributed by atoms with Gasteiger partial charge in [0.2, 0.25) is 5.91 Å². The Morgan fingerprint density at radius 1 is 1.45 bits per heavy atom. The van der Waals surface area contributed by atoms with Crippen molar-refractivity contribution in [3.8, 4) is 5.75 Å². The van der Waals surface area contributed by atoms with Crippen molar-refractivity contribution in [3.63, 3.8) is 0 Å². The molecule has 1 aromatic rings. The van der Waals surface area contributed by atoms with E-state index >= 15 is 0 Å². The molecular weight excluding hydrogens is 252 g/mol. The maximum Gasteiger partial charge on any atom is 0.220 e. The summed E-state index contributed by atoms with van der Waals surface area (Å²) in [6, 6.07) is 7.91. The van der Waals surface area contributed by atoms with Crippen LogP contribution in [0.15, 0.2) is 24.3 Å². The minimum Gasteiger partial charge on any atom is -0.494 e. The second-order valence-corrected chi connectivity index (χ2v) is 5.14. The Hall–Kier alpha value is -1.55. The van der Waals surface area contributed by atoms with E-state index in [2.05, 4.69) is 12.2 Å². The van der Waals surface area contributed by atoms with Gasteiger partial charge in [0.05, 0.1) is 6.61 Å². The predicted octanol–water partition coefficient (Wildman–Crippen LogP) is 2.61. The first-order valence-corrected chi connectivity index (χ1v) is 7.35. The number of hydrogen-bond acceptors (Lipinski definition) is 3. The molecule has 20 heavy (non-hydrogen) atoms. The van der Waals surface area contributed by atoms with E-state index < -0.39 is 0 Å². The van der Waals surface area contributed by atoms with E-state index in [1.807, 2.05) is 31.2 Å². The summed E-state index contributed by atoms with van der Waals surface area (Å²) < 4.78 is 5.64. The first-order valence-electron chi connectivity index (χ1n) is 7.35. The maximum atomic E-state index is 11.6. The molecule has 0 radical (unpaired) electrons. The van der Waals surface area contributed by atoms with Crippen molar-refractivity contribution in [1.29, 1.82) is 0 Å². The number of benzene rings is 1. The molecule has 1 unspecified atom stereocenters. The Bertz CT molecular complexity index is 405. The van der Waals surface area contributed by atoms with E-state index in [4.69, 9.17) is 10.5 Å². The smallest absolute Gasteiger partial charge is 0.220 e. The predicted molar refractivity (Wildman–Crippen MR) is 81.6 cm³/mol. The van der Waals surface area contributed by atoms with Gasteiger partial charge in [0, 0.05) is 19.0 Å². The van der Waals surface area contributed by atoms with Gasteiger partial charge in [0.15, 0.2) is 0 Å². The molecule has 0 heterocycles. The van der Waals surface area contributed by atoms with Crippen molar-refractivity contribution < 1.29 is 9.53 Å². The third-order valence-corrected chi connectivity index (χ3v) is 2.98. The zero-order chi connectivity index (χ0) is 14.8. The van der Waals surface area contributed by atoms with E-state index in [1.165, 1.54) is 0 Å². The Morgan fingerprint density at radius 3 is 2.95 bits per heavy atom. The molecular formula is C16H26N2O2.